The van der Waals surface area contributed by atoms with Gasteiger partial charge in [0.1, 0.15) is 0 Å². The molecule has 1 heteroatoms. The molecule has 0 bridgehead atoms. The summed E-state index contributed by atoms with van der Waals surface area (Å²) >= 11 is 0. The van der Waals surface area contributed by atoms with Gasteiger partial charge in [0.2, 0.25) is 0 Å². The zero-order valence-electron chi connectivity index (χ0n) is 10.6. The SMILES string of the molecule is CNCC(C)C(C)C1CC(C2CCC2)C1. The van der Waals surface area contributed by atoms with E-state index in [2.05, 4.69) is 26.2 Å². The van der Waals surface area contributed by atoms with Crippen LogP contribution in [0.25, 0.3) is 0 Å². The van der Waals surface area contributed by atoms with Crippen molar-refractivity contribution in [2.75, 3.05) is 13.6 Å². The van der Waals surface area contributed by atoms with Gasteiger partial charge in [0.15, 0.2) is 0 Å². The monoisotopic (exact) mass is 209 g/mol. The second-order valence-electron chi connectivity index (χ2n) is 6.08. The van der Waals surface area contributed by atoms with Crippen LogP contribution in [0.5, 0.6) is 0 Å². The lowest BCUT2D eigenvalue weighted by atomic mass is 9.58. The smallest absolute Gasteiger partial charge is 0.00235 e. The summed E-state index contributed by atoms with van der Waals surface area (Å²) in [5.74, 6) is 5.07. The minimum Gasteiger partial charge on any atom is -0.319 e. The highest BCUT2D eigenvalue weighted by atomic mass is 14.8. The molecule has 15 heavy (non-hydrogen) atoms. The number of hydrogen-bond acceptors (Lipinski definition) is 1. The Kier molecular flexibility index (Phi) is 3.71. The molecular formula is C14H27N. The summed E-state index contributed by atoms with van der Waals surface area (Å²) in [7, 11) is 2.07. The van der Waals surface area contributed by atoms with E-state index in [0.29, 0.717) is 0 Å². The largest absolute Gasteiger partial charge is 0.319 e. The molecule has 0 heterocycles. The molecule has 2 atom stereocenters. The molecule has 2 saturated carbocycles. The highest BCUT2D eigenvalue weighted by molar-refractivity contribution is 4.91. The van der Waals surface area contributed by atoms with Gasteiger partial charge in [-0.15, -0.1) is 0 Å². The number of hydrogen-bond donors (Lipinski definition) is 1. The molecule has 2 rings (SSSR count). The Bertz CT molecular complexity index is 192. The van der Waals surface area contributed by atoms with Crippen molar-refractivity contribution in [1.29, 1.82) is 0 Å². The fourth-order valence-corrected chi connectivity index (χ4v) is 3.41. The van der Waals surface area contributed by atoms with E-state index in [1.807, 2.05) is 0 Å². The van der Waals surface area contributed by atoms with Gasteiger partial charge in [-0.25, -0.2) is 0 Å². The van der Waals surface area contributed by atoms with Gasteiger partial charge in [-0.1, -0.05) is 33.1 Å². The molecule has 0 amide bonds. The quantitative estimate of drug-likeness (QED) is 0.732. The Hall–Kier alpha value is -0.0400. The van der Waals surface area contributed by atoms with Crippen LogP contribution in [0.1, 0.15) is 46.0 Å². The highest BCUT2D eigenvalue weighted by Gasteiger charge is 2.40. The zero-order valence-corrected chi connectivity index (χ0v) is 10.6. The first-order valence-corrected chi connectivity index (χ1v) is 6.87. The third kappa shape index (κ3) is 2.38. The van der Waals surface area contributed by atoms with Gasteiger partial charge >= 0.3 is 0 Å². The van der Waals surface area contributed by atoms with Crippen LogP contribution < -0.4 is 5.32 Å². The topological polar surface area (TPSA) is 12.0 Å². The van der Waals surface area contributed by atoms with Crippen molar-refractivity contribution in [2.45, 2.75) is 46.0 Å². The summed E-state index contributed by atoms with van der Waals surface area (Å²) in [5.41, 5.74) is 0. The second-order valence-corrected chi connectivity index (χ2v) is 6.08. The van der Waals surface area contributed by atoms with E-state index in [1.165, 1.54) is 25.8 Å². The number of rotatable bonds is 5. The van der Waals surface area contributed by atoms with E-state index >= 15 is 0 Å². The molecule has 0 aliphatic heterocycles. The lowest BCUT2D eigenvalue weighted by Crippen LogP contribution is -2.39. The molecule has 2 aliphatic rings. The van der Waals surface area contributed by atoms with E-state index in [4.69, 9.17) is 0 Å². The Morgan fingerprint density at radius 1 is 1.13 bits per heavy atom. The summed E-state index contributed by atoms with van der Waals surface area (Å²) < 4.78 is 0. The molecular weight excluding hydrogens is 182 g/mol. The van der Waals surface area contributed by atoms with Crippen molar-refractivity contribution >= 4 is 0 Å². The maximum atomic E-state index is 3.31. The zero-order chi connectivity index (χ0) is 10.8. The van der Waals surface area contributed by atoms with Crippen molar-refractivity contribution in [3.05, 3.63) is 0 Å². The molecule has 2 fully saturated rings. The van der Waals surface area contributed by atoms with Gasteiger partial charge in [-0.05, 0) is 56.0 Å². The standard InChI is InChI=1S/C14H27N/c1-10(9-15-3)11(2)13-7-14(8-13)12-5-4-6-12/h10-15H,4-9H2,1-3H3. The molecule has 2 unspecified atom stereocenters. The van der Waals surface area contributed by atoms with Gasteiger partial charge in [0.05, 0.1) is 0 Å². The van der Waals surface area contributed by atoms with Crippen LogP contribution in [-0.4, -0.2) is 13.6 Å². The Morgan fingerprint density at radius 3 is 2.27 bits per heavy atom. The van der Waals surface area contributed by atoms with Crippen molar-refractivity contribution in [3.63, 3.8) is 0 Å². The Morgan fingerprint density at radius 2 is 1.80 bits per heavy atom. The lowest BCUT2D eigenvalue weighted by molar-refractivity contribution is 0.0304. The minimum absolute atomic E-state index is 0.849. The van der Waals surface area contributed by atoms with Crippen LogP contribution in [0.2, 0.25) is 0 Å². The van der Waals surface area contributed by atoms with Crippen LogP contribution >= 0.6 is 0 Å². The van der Waals surface area contributed by atoms with Gasteiger partial charge in [0.25, 0.3) is 0 Å². The third-order valence-corrected chi connectivity index (χ3v) is 5.19. The van der Waals surface area contributed by atoms with E-state index < -0.39 is 0 Å². The van der Waals surface area contributed by atoms with Crippen molar-refractivity contribution in [2.24, 2.45) is 29.6 Å². The first-order chi connectivity index (χ1) is 7.22. The Balaban J connectivity index is 1.68. The summed E-state index contributed by atoms with van der Waals surface area (Å²) in [5, 5.41) is 3.31. The molecule has 88 valence electrons. The molecule has 0 aromatic carbocycles. The van der Waals surface area contributed by atoms with E-state index in [9.17, 15) is 0 Å². The average molecular weight is 209 g/mol. The first kappa shape index (κ1) is 11.4. The summed E-state index contributed by atoms with van der Waals surface area (Å²) in [6.45, 7) is 6.05. The maximum Gasteiger partial charge on any atom is -0.00235 e. The average Bonchev–Trinajstić information content (AvgIpc) is 2.06. The molecule has 1 N–H and O–H groups in total. The highest BCUT2D eigenvalue weighted by Crippen LogP contribution is 2.50. The van der Waals surface area contributed by atoms with Gasteiger partial charge < -0.3 is 5.32 Å². The first-order valence-electron chi connectivity index (χ1n) is 6.87. The van der Waals surface area contributed by atoms with Gasteiger partial charge in [-0.3, -0.25) is 0 Å². The normalized spacial score (nSPS) is 35.4. The van der Waals surface area contributed by atoms with E-state index in [0.717, 1.165) is 29.6 Å². The van der Waals surface area contributed by atoms with Crippen molar-refractivity contribution < 1.29 is 0 Å². The van der Waals surface area contributed by atoms with Crippen molar-refractivity contribution in [3.8, 4) is 0 Å². The predicted octanol–water partition coefficient (Wildman–Crippen LogP) is 3.30. The third-order valence-electron chi connectivity index (χ3n) is 5.19. The number of nitrogens with one attached hydrogen (secondary N) is 1. The lowest BCUT2D eigenvalue weighted by Gasteiger charge is -2.47. The fourth-order valence-electron chi connectivity index (χ4n) is 3.41. The second kappa shape index (κ2) is 4.86. The van der Waals surface area contributed by atoms with E-state index in [-0.39, 0.29) is 0 Å². The van der Waals surface area contributed by atoms with Gasteiger partial charge in [-0.2, -0.15) is 0 Å². The van der Waals surface area contributed by atoms with Crippen molar-refractivity contribution in [1.82, 2.24) is 5.32 Å². The molecule has 0 saturated heterocycles. The predicted molar refractivity (Wildman–Crippen MR) is 65.8 cm³/mol. The van der Waals surface area contributed by atoms with Crippen LogP contribution in [-0.2, 0) is 0 Å². The summed E-state index contributed by atoms with van der Waals surface area (Å²) in [6.07, 6.45) is 7.67. The van der Waals surface area contributed by atoms with Crippen LogP contribution in [0, 0.1) is 29.6 Å². The summed E-state index contributed by atoms with van der Waals surface area (Å²) in [4.78, 5) is 0. The molecule has 0 spiro atoms. The fraction of sp³-hybridized carbons (Fsp3) is 1.00. The van der Waals surface area contributed by atoms with Crippen LogP contribution in [0.4, 0.5) is 0 Å². The minimum atomic E-state index is 0.849. The van der Waals surface area contributed by atoms with Crippen LogP contribution in [0.3, 0.4) is 0 Å². The summed E-state index contributed by atoms with van der Waals surface area (Å²) in [6, 6.07) is 0. The maximum absolute atomic E-state index is 3.31. The van der Waals surface area contributed by atoms with Crippen LogP contribution in [0.15, 0.2) is 0 Å². The molecule has 0 aromatic rings. The van der Waals surface area contributed by atoms with E-state index in [1.54, 1.807) is 12.8 Å². The Labute approximate surface area is 95.0 Å². The molecule has 0 aromatic heterocycles. The molecule has 0 radical (unpaired) electrons. The molecule has 2 aliphatic carbocycles. The van der Waals surface area contributed by atoms with Gasteiger partial charge in [0, 0.05) is 0 Å². The molecule has 1 nitrogen and oxygen atoms in total.